The van der Waals surface area contributed by atoms with Gasteiger partial charge in [-0.3, -0.25) is 9.69 Å². The lowest BCUT2D eigenvalue weighted by atomic mass is 9.79. The zero-order chi connectivity index (χ0) is 22.9. The molecular weight excluding hydrogens is 408 g/mol. The normalized spacial score (nSPS) is 26.4. The third kappa shape index (κ3) is 7.80. The quantitative estimate of drug-likeness (QED) is 0.496. The van der Waals surface area contributed by atoms with Gasteiger partial charge in [0.25, 0.3) is 0 Å². The number of piperidine rings is 2. The van der Waals surface area contributed by atoms with Gasteiger partial charge in [-0.1, -0.05) is 49.6 Å². The first-order chi connectivity index (χ1) is 16.2. The average molecular weight is 455 g/mol. The Morgan fingerprint density at radius 3 is 2.76 bits per heavy atom. The standard InChI is InChI=1S/C28H46N4O/c1-31(26-12-6-3-7-13-26)17-9-16-29-28(33)15-8-14-27-25-18-24(19-30-27)21-32(22-25)20-23-10-4-2-5-11-23/h2,4-5,10-11,24-27,30H,3,6-9,12-22H2,1H3,(H,29,33)/t24-,25-,27+/m0/s1. The molecule has 1 aliphatic carbocycles. The Hall–Kier alpha value is -1.43. The van der Waals surface area contributed by atoms with Crippen molar-refractivity contribution in [2.45, 2.75) is 82.8 Å². The second-order valence-electron chi connectivity index (χ2n) is 10.9. The summed E-state index contributed by atoms with van der Waals surface area (Å²) in [6.07, 6.45) is 12.1. The van der Waals surface area contributed by atoms with E-state index in [-0.39, 0.29) is 5.91 Å². The number of carbonyl (C=O) groups is 1. The highest BCUT2D eigenvalue weighted by Gasteiger charge is 2.36. The molecule has 2 N–H and O–H groups in total. The fourth-order valence-corrected chi connectivity index (χ4v) is 6.41. The molecule has 3 aliphatic rings. The van der Waals surface area contributed by atoms with E-state index in [1.165, 1.54) is 57.2 Å². The third-order valence-corrected chi connectivity index (χ3v) is 8.26. The van der Waals surface area contributed by atoms with E-state index in [1.54, 1.807) is 0 Å². The average Bonchev–Trinajstić information content (AvgIpc) is 2.84. The van der Waals surface area contributed by atoms with Gasteiger partial charge in [0.1, 0.15) is 0 Å². The van der Waals surface area contributed by atoms with Crippen LogP contribution >= 0.6 is 0 Å². The van der Waals surface area contributed by atoms with Crippen molar-refractivity contribution in [3.8, 4) is 0 Å². The highest BCUT2D eigenvalue weighted by Crippen LogP contribution is 2.31. The molecule has 184 valence electrons. The molecule has 3 atom stereocenters. The maximum absolute atomic E-state index is 12.3. The van der Waals surface area contributed by atoms with Gasteiger partial charge in [0.15, 0.2) is 0 Å². The van der Waals surface area contributed by atoms with E-state index < -0.39 is 0 Å². The number of rotatable bonds is 11. The Morgan fingerprint density at radius 2 is 1.94 bits per heavy atom. The summed E-state index contributed by atoms with van der Waals surface area (Å²) in [7, 11) is 2.26. The monoisotopic (exact) mass is 454 g/mol. The summed E-state index contributed by atoms with van der Waals surface area (Å²) in [5.41, 5.74) is 1.42. The number of carbonyl (C=O) groups excluding carboxylic acids is 1. The molecule has 33 heavy (non-hydrogen) atoms. The fraction of sp³-hybridized carbons (Fsp3) is 0.750. The van der Waals surface area contributed by atoms with Crippen LogP contribution in [0.2, 0.25) is 0 Å². The zero-order valence-corrected chi connectivity index (χ0v) is 20.8. The molecule has 2 bridgehead atoms. The van der Waals surface area contributed by atoms with Crippen molar-refractivity contribution in [2.24, 2.45) is 11.8 Å². The molecule has 0 aromatic heterocycles. The van der Waals surface area contributed by atoms with Crippen LogP contribution in [-0.4, -0.2) is 67.6 Å². The Bertz CT molecular complexity index is 705. The Balaban J connectivity index is 1.09. The summed E-state index contributed by atoms with van der Waals surface area (Å²) in [5.74, 6) is 1.73. The number of nitrogens with zero attached hydrogens (tertiary/aromatic N) is 2. The van der Waals surface area contributed by atoms with E-state index in [2.05, 4.69) is 57.8 Å². The molecule has 3 fully saturated rings. The summed E-state index contributed by atoms with van der Waals surface area (Å²) < 4.78 is 0. The first kappa shape index (κ1) is 24.7. The van der Waals surface area contributed by atoms with Gasteiger partial charge >= 0.3 is 0 Å². The Morgan fingerprint density at radius 1 is 1.12 bits per heavy atom. The maximum Gasteiger partial charge on any atom is 0.219 e. The number of nitrogens with one attached hydrogen (secondary N) is 2. The lowest BCUT2D eigenvalue weighted by molar-refractivity contribution is -0.121. The van der Waals surface area contributed by atoms with Crippen LogP contribution < -0.4 is 10.6 Å². The van der Waals surface area contributed by atoms with E-state index >= 15 is 0 Å². The minimum absolute atomic E-state index is 0.235. The first-order valence-electron chi connectivity index (χ1n) is 13.6. The minimum atomic E-state index is 0.235. The molecule has 0 spiro atoms. The fourth-order valence-electron chi connectivity index (χ4n) is 6.41. The van der Waals surface area contributed by atoms with Crippen LogP contribution in [0.5, 0.6) is 0 Å². The molecular formula is C28H46N4O. The van der Waals surface area contributed by atoms with Crippen LogP contribution in [0.1, 0.15) is 69.8 Å². The zero-order valence-electron chi connectivity index (χ0n) is 20.8. The summed E-state index contributed by atoms with van der Waals surface area (Å²) in [4.78, 5) is 17.5. The molecule has 5 heteroatoms. The molecule has 2 saturated heterocycles. The van der Waals surface area contributed by atoms with E-state index in [0.29, 0.717) is 12.5 Å². The van der Waals surface area contributed by atoms with Crippen LogP contribution in [0.25, 0.3) is 0 Å². The predicted octanol–water partition coefficient (Wildman–Crippen LogP) is 4.04. The topological polar surface area (TPSA) is 47.6 Å². The number of hydrogen-bond acceptors (Lipinski definition) is 4. The highest BCUT2D eigenvalue weighted by molar-refractivity contribution is 5.75. The largest absolute Gasteiger partial charge is 0.356 e. The van der Waals surface area contributed by atoms with Crippen molar-refractivity contribution in [1.29, 1.82) is 0 Å². The Kier molecular flexibility index (Phi) is 9.63. The van der Waals surface area contributed by atoms with E-state index in [1.807, 2.05) is 0 Å². The van der Waals surface area contributed by atoms with Gasteiger partial charge in [-0.25, -0.2) is 0 Å². The molecule has 0 radical (unpaired) electrons. The summed E-state index contributed by atoms with van der Waals surface area (Å²) in [5, 5.41) is 6.97. The van der Waals surface area contributed by atoms with Crippen molar-refractivity contribution in [1.82, 2.24) is 20.4 Å². The van der Waals surface area contributed by atoms with Crippen molar-refractivity contribution < 1.29 is 4.79 Å². The number of hydrogen-bond donors (Lipinski definition) is 2. The van der Waals surface area contributed by atoms with Gasteiger partial charge in [-0.2, -0.15) is 0 Å². The van der Waals surface area contributed by atoms with Gasteiger partial charge < -0.3 is 15.5 Å². The van der Waals surface area contributed by atoms with Crippen LogP contribution in [0, 0.1) is 11.8 Å². The van der Waals surface area contributed by atoms with Crippen molar-refractivity contribution in [3.63, 3.8) is 0 Å². The summed E-state index contributed by atoms with van der Waals surface area (Å²) in [6, 6.07) is 12.2. The molecule has 1 amide bonds. The van der Waals surface area contributed by atoms with Gasteiger partial charge in [0.2, 0.25) is 5.91 Å². The van der Waals surface area contributed by atoms with Crippen molar-refractivity contribution >= 4 is 5.91 Å². The van der Waals surface area contributed by atoms with Crippen LogP contribution in [0.3, 0.4) is 0 Å². The lowest BCUT2D eigenvalue weighted by Crippen LogP contribution is -2.55. The molecule has 1 saturated carbocycles. The summed E-state index contributed by atoms with van der Waals surface area (Å²) in [6.45, 7) is 6.51. The lowest BCUT2D eigenvalue weighted by Gasteiger charge is -2.46. The van der Waals surface area contributed by atoms with Crippen molar-refractivity contribution in [2.75, 3.05) is 39.8 Å². The molecule has 5 nitrogen and oxygen atoms in total. The minimum Gasteiger partial charge on any atom is -0.356 e. The number of fused-ring (bicyclic) bond motifs is 2. The molecule has 1 aromatic carbocycles. The first-order valence-corrected chi connectivity index (χ1v) is 13.6. The highest BCUT2D eigenvalue weighted by atomic mass is 16.1. The smallest absolute Gasteiger partial charge is 0.219 e. The summed E-state index contributed by atoms with van der Waals surface area (Å²) >= 11 is 0. The van der Waals surface area contributed by atoms with Gasteiger partial charge in [-0.05, 0) is 76.1 Å². The number of amides is 1. The van der Waals surface area contributed by atoms with Crippen molar-refractivity contribution in [3.05, 3.63) is 35.9 Å². The van der Waals surface area contributed by atoms with Crippen LogP contribution in [0.4, 0.5) is 0 Å². The molecule has 1 aromatic rings. The second-order valence-corrected chi connectivity index (χ2v) is 10.9. The van der Waals surface area contributed by atoms with E-state index in [9.17, 15) is 4.79 Å². The predicted molar refractivity (Wildman–Crippen MR) is 136 cm³/mol. The van der Waals surface area contributed by atoms with Crippen LogP contribution in [-0.2, 0) is 11.3 Å². The van der Waals surface area contributed by atoms with E-state index in [4.69, 9.17) is 0 Å². The maximum atomic E-state index is 12.3. The van der Waals surface area contributed by atoms with E-state index in [0.717, 1.165) is 63.3 Å². The van der Waals surface area contributed by atoms with Crippen LogP contribution in [0.15, 0.2) is 30.3 Å². The molecule has 2 heterocycles. The Labute approximate surface area is 201 Å². The SMILES string of the molecule is CN(CCCNC(=O)CCC[C@H]1NC[C@@H]2C[C@H]1CN(Cc1ccccc1)C2)C1CCCCC1. The van der Waals surface area contributed by atoms with Gasteiger partial charge in [-0.15, -0.1) is 0 Å². The number of likely N-dealkylation sites (tertiary alicyclic amines) is 1. The van der Waals surface area contributed by atoms with Gasteiger partial charge in [0.05, 0.1) is 0 Å². The molecule has 2 aliphatic heterocycles. The molecule has 0 unspecified atom stereocenters. The molecule has 4 rings (SSSR count). The second kappa shape index (κ2) is 12.9. The number of benzene rings is 1. The third-order valence-electron chi connectivity index (χ3n) is 8.26. The van der Waals surface area contributed by atoms with Gasteiger partial charge in [0, 0.05) is 44.7 Å².